The van der Waals surface area contributed by atoms with Crippen LogP contribution in [0.2, 0.25) is 0 Å². The SMILES string of the molecule is CCOC(=O)c1ccc(NCc2nnc(-c3cccc(OC)c3)o2)cc1. The fourth-order valence-corrected chi connectivity index (χ4v) is 2.31. The van der Waals surface area contributed by atoms with Crippen LogP contribution < -0.4 is 10.1 Å². The van der Waals surface area contributed by atoms with Gasteiger partial charge in [0.25, 0.3) is 0 Å². The largest absolute Gasteiger partial charge is 0.497 e. The van der Waals surface area contributed by atoms with Gasteiger partial charge in [0.1, 0.15) is 5.75 Å². The van der Waals surface area contributed by atoms with Gasteiger partial charge < -0.3 is 19.2 Å². The fourth-order valence-electron chi connectivity index (χ4n) is 2.31. The molecule has 0 spiro atoms. The molecule has 1 N–H and O–H groups in total. The van der Waals surface area contributed by atoms with Crippen LogP contribution in [0.1, 0.15) is 23.2 Å². The van der Waals surface area contributed by atoms with Crippen LogP contribution in [0.5, 0.6) is 5.75 Å². The van der Waals surface area contributed by atoms with E-state index in [4.69, 9.17) is 13.9 Å². The maximum Gasteiger partial charge on any atom is 0.338 e. The molecule has 0 saturated heterocycles. The minimum Gasteiger partial charge on any atom is -0.497 e. The number of rotatable bonds is 7. The third-order valence-corrected chi connectivity index (χ3v) is 3.62. The van der Waals surface area contributed by atoms with Crippen LogP contribution in [0.4, 0.5) is 5.69 Å². The van der Waals surface area contributed by atoms with Crippen LogP contribution in [0.25, 0.3) is 11.5 Å². The Morgan fingerprint density at radius 3 is 2.69 bits per heavy atom. The van der Waals surface area contributed by atoms with Crippen molar-refractivity contribution in [3.63, 3.8) is 0 Å². The Bertz CT molecular complexity index is 875. The van der Waals surface area contributed by atoms with E-state index in [9.17, 15) is 4.79 Å². The van der Waals surface area contributed by atoms with Gasteiger partial charge in [-0.1, -0.05) is 6.07 Å². The highest BCUT2D eigenvalue weighted by atomic mass is 16.5. The summed E-state index contributed by atoms with van der Waals surface area (Å²) in [6, 6.07) is 14.4. The van der Waals surface area contributed by atoms with E-state index in [1.807, 2.05) is 24.3 Å². The second-order valence-corrected chi connectivity index (χ2v) is 5.38. The zero-order valence-corrected chi connectivity index (χ0v) is 14.6. The van der Waals surface area contributed by atoms with Gasteiger partial charge in [0.2, 0.25) is 11.8 Å². The third-order valence-electron chi connectivity index (χ3n) is 3.62. The molecule has 0 amide bonds. The molecule has 134 valence electrons. The molecule has 0 aliphatic carbocycles. The minimum atomic E-state index is -0.334. The quantitative estimate of drug-likeness (QED) is 0.650. The fraction of sp³-hybridized carbons (Fsp3) is 0.211. The Hall–Kier alpha value is -3.35. The van der Waals surface area contributed by atoms with Gasteiger partial charge in [-0.3, -0.25) is 0 Å². The van der Waals surface area contributed by atoms with Crippen LogP contribution in [0, 0.1) is 0 Å². The molecule has 0 atom stereocenters. The number of carbonyl (C=O) groups is 1. The maximum absolute atomic E-state index is 11.6. The zero-order chi connectivity index (χ0) is 18.4. The van der Waals surface area contributed by atoms with Crippen LogP contribution in [-0.4, -0.2) is 29.9 Å². The van der Waals surface area contributed by atoms with Crippen molar-refractivity contribution >= 4 is 11.7 Å². The molecule has 0 radical (unpaired) electrons. The first-order valence-electron chi connectivity index (χ1n) is 8.17. The first-order chi connectivity index (χ1) is 12.7. The van der Waals surface area contributed by atoms with Gasteiger partial charge in [0.15, 0.2) is 0 Å². The van der Waals surface area contributed by atoms with Gasteiger partial charge in [-0.2, -0.15) is 0 Å². The van der Waals surface area contributed by atoms with Crippen LogP contribution in [0.3, 0.4) is 0 Å². The molecule has 0 fully saturated rings. The van der Waals surface area contributed by atoms with Crippen molar-refractivity contribution in [1.82, 2.24) is 10.2 Å². The Balaban J connectivity index is 1.62. The standard InChI is InChI=1S/C19H19N3O4/c1-3-25-19(23)13-7-9-15(10-8-13)20-12-17-21-22-18(26-17)14-5-4-6-16(11-14)24-2/h4-11,20H,3,12H2,1-2H3. The van der Waals surface area contributed by atoms with Gasteiger partial charge in [0.05, 0.1) is 25.8 Å². The number of hydrogen-bond acceptors (Lipinski definition) is 7. The molecule has 1 aromatic heterocycles. The maximum atomic E-state index is 11.6. The number of nitrogens with zero attached hydrogens (tertiary/aromatic N) is 2. The molecule has 7 nitrogen and oxygen atoms in total. The molecule has 3 rings (SSSR count). The third kappa shape index (κ3) is 4.18. The molecule has 3 aromatic rings. The summed E-state index contributed by atoms with van der Waals surface area (Å²) in [5.74, 6) is 1.27. The van der Waals surface area contributed by atoms with Crippen molar-refractivity contribution in [2.75, 3.05) is 19.0 Å². The lowest BCUT2D eigenvalue weighted by atomic mass is 10.2. The van der Waals surface area contributed by atoms with Crippen LogP contribution >= 0.6 is 0 Å². The summed E-state index contributed by atoms with van der Waals surface area (Å²) in [5, 5.41) is 11.3. The van der Waals surface area contributed by atoms with E-state index in [2.05, 4.69) is 15.5 Å². The van der Waals surface area contributed by atoms with Gasteiger partial charge >= 0.3 is 5.97 Å². The minimum absolute atomic E-state index is 0.334. The monoisotopic (exact) mass is 353 g/mol. The summed E-state index contributed by atoms with van der Waals surface area (Å²) in [6.45, 7) is 2.50. The number of ether oxygens (including phenoxy) is 2. The van der Waals surface area contributed by atoms with E-state index in [0.717, 1.165) is 17.0 Å². The Morgan fingerprint density at radius 1 is 1.15 bits per heavy atom. The Morgan fingerprint density at radius 2 is 1.96 bits per heavy atom. The van der Waals surface area contributed by atoms with Crippen molar-refractivity contribution < 1.29 is 18.7 Å². The van der Waals surface area contributed by atoms with Crippen LogP contribution in [0.15, 0.2) is 52.9 Å². The highest BCUT2D eigenvalue weighted by Gasteiger charge is 2.10. The van der Waals surface area contributed by atoms with E-state index < -0.39 is 0 Å². The molecule has 7 heteroatoms. The molecule has 0 unspecified atom stereocenters. The van der Waals surface area contributed by atoms with E-state index in [1.54, 1.807) is 38.3 Å². The number of anilines is 1. The normalized spacial score (nSPS) is 10.4. The average Bonchev–Trinajstić information content (AvgIpc) is 3.16. The Kier molecular flexibility index (Phi) is 5.48. The summed E-state index contributed by atoms with van der Waals surface area (Å²) < 4.78 is 15.8. The van der Waals surface area contributed by atoms with Gasteiger partial charge in [-0.05, 0) is 49.4 Å². The number of carbonyl (C=O) groups excluding carboxylic acids is 1. The highest BCUT2D eigenvalue weighted by molar-refractivity contribution is 5.89. The number of aromatic nitrogens is 2. The second-order valence-electron chi connectivity index (χ2n) is 5.38. The molecule has 1 heterocycles. The van der Waals surface area contributed by atoms with Crippen molar-refractivity contribution in [2.45, 2.75) is 13.5 Å². The summed E-state index contributed by atoms with van der Waals surface area (Å²) >= 11 is 0. The van der Waals surface area contributed by atoms with Crippen molar-refractivity contribution in [2.24, 2.45) is 0 Å². The molecule has 0 aliphatic rings. The number of esters is 1. The molecule has 0 saturated carbocycles. The molecule has 2 aromatic carbocycles. The summed E-state index contributed by atoms with van der Waals surface area (Å²) in [7, 11) is 1.61. The van der Waals surface area contributed by atoms with E-state index >= 15 is 0 Å². The number of nitrogens with one attached hydrogen (secondary N) is 1. The summed E-state index contributed by atoms with van der Waals surface area (Å²) in [4.78, 5) is 11.6. The second kappa shape index (κ2) is 8.15. The number of benzene rings is 2. The predicted molar refractivity (Wildman–Crippen MR) is 96.0 cm³/mol. The number of methoxy groups -OCH3 is 1. The van der Waals surface area contributed by atoms with Crippen LogP contribution in [-0.2, 0) is 11.3 Å². The average molecular weight is 353 g/mol. The van der Waals surface area contributed by atoms with Crippen molar-refractivity contribution in [3.8, 4) is 17.2 Å². The van der Waals surface area contributed by atoms with E-state index in [-0.39, 0.29) is 5.97 Å². The van der Waals surface area contributed by atoms with Crippen molar-refractivity contribution in [1.29, 1.82) is 0 Å². The Labute approximate surface area is 151 Å². The van der Waals surface area contributed by atoms with Crippen molar-refractivity contribution in [3.05, 3.63) is 60.0 Å². The predicted octanol–water partition coefficient (Wildman–Crippen LogP) is 3.53. The zero-order valence-electron chi connectivity index (χ0n) is 14.6. The summed E-state index contributed by atoms with van der Waals surface area (Å²) in [5.41, 5.74) is 2.14. The van der Waals surface area contributed by atoms with Gasteiger partial charge in [-0.25, -0.2) is 4.79 Å². The number of hydrogen-bond donors (Lipinski definition) is 1. The van der Waals surface area contributed by atoms with Gasteiger partial charge in [0, 0.05) is 11.3 Å². The van der Waals surface area contributed by atoms with Gasteiger partial charge in [-0.15, -0.1) is 10.2 Å². The molecule has 26 heavy (non-hydrogen) atoms. The smallest absolute Gasteiger partial charge is 0.338 e. The van der Waals surface area contributed by atoms with E-state index in [1.165, 1.54) is 0 Å². The lowest BCUT2D eigenvalue weighted by molar-refractivity contribution is 0.0526. The molecular formula is C19H19N3O4. The topological polar surface area (TPSA) is 86.5 Å². The highest BCUT2D eigenvalue weighted by Crippen LogP contribution is 2.22. The lowest BCUT2D eigenvalue weighted by Gasteiger charge is -2.05. The first kappa shape index (κ1) is 17.5. The molecule has 0 aliphatic heterocycles. The summed E-state index contributed by atoms with van der Waals surface area (Å²) in [6.07, 6.45) is 0. The molecule has 0 bridgehead atoms. The first-order valence-corrected chi connectivity index (χ1v) is 8.17. The molecular weight excluding hydrogens is 334 g/mol. The van der Waals surface area contributed by atoms with E-state index in [0.29, 0.717) is 30.5 Å². The lowest BCUT2D eigenvalue weighted by Crippen LogP contribution is -2.05.